The Labute approximate surface area is 184 Å². The number of nitrogens with zero attached hydrogens (tertiary/aromatic N) is 3. The highest BCUT2D eigenvalue weighted by Gasteiger charge is 2.31. The highest BCUT2D eigenvalue weighted by molar-refractivity contribution is 5.47. The second-order valence-corrected chi connectivity index (χ2v) is 8.31. The fourth-order valence-corrected chi connectivity index (χ4v) is 4.60. The van der Waals surface area contributed by atoms with E-state index >= 15 is 0 Å². The summed E-state index contributed by atoms with van der Waals surface area (Å²) in [6.07, 6.45) is 0. The quantitative estimate of drug-likeness (QED) is 0.679. The molecule has 31 heavy (non-hydrogen) atoms. The van der Waals surface area contributed by atoms with Gasteiger partial charge in [0, 0.05) is 44.1 Å². The van der Waals surface area contributed by atoms with Crippen LogP contribution in [0.4, 0.5) is 5.69 Å². The topological polar surface area (TPSA) is 48.7 Å². The molecule has 0 bridgehead atoms. The number of benzene rings is 2. The molecule has 1 saturated heterocycles. The molecule has 0 saturated carbocycles. The molecule has 1 unspecified atom stereocenters. The van der Waals surface area contributed by atoms with Gasteiger partial charge in [0.25, 0.3) is 5.56 Å². The lowest BCUT2D eigenvalue weighted by atomic mass is 9.95. The minimum Gasteiger partial charge on any atom is -0.507 e. The summed E-state index contributed by atoms with van der Waals surface area (Å²) in [5.74, 6) is 0.0864. The number of pyridine rings is 1. The van der Waals surface area contributed by atoms with E-state index in [4.69, 9.17) is 0 Å². The summed E-state index contributed by atoms with van der Waals surface area (Å²) in [5, 5.41) is 10.9. The Bertz CT molecular complexity index is 1080. The summed E-state index contributed by atoms with van der Waals surface area (Å²) in [7, 11) is 0. The Morgan fingerprint density at radius 1 is 0.935 bits per heavy atom. The van der Waals surface area contributed by atoms with Crippen LogP contribution in [0, 0.1) is 13.8 Å². The molecule has 0 radical (unpaired) electrons. The number of piperazine rings is 1. The third-order valence-electron chi connectivity index (χ3n) is 6.31. The van der Waals surface area contributed by atoms with Crippen LogP contribution in [0.1, 0.15) is 35.3 Å². The van der Waals surface area contributed by atoms with E-state index in [1.807, 2.05) is 19.9 Å². The van der Waals surface area contributed by atoms with Crippen LogP contribution in [0.25, 0.3) is 0 Å². The van der Waals surface area contributed by atoms with Crippen LogP contribution in [-0.4, -0.2) is 40.8 Å². The minimum atomic E-state index is -0.274. The van der Waals surface area contributed by atoms with Crippen LogP contribution < -0.4 is 10.5 Å². The molecule has 3 aromatic rings. The van der Waals surface area contributed by atoms with Crippen molar-refractivity contribution in [3.63, 3.8) is 0 Å². The van der Waals surface area contributed by atoms with Crippen LogP contribution in [0.3, 0.4) is 0 Å². The molecule has 4 rings (SSSR count). The maximum absolute atomic E-state index is 13.4. The highest BCUT2D eigenvalue weighted by Crippen LogP contribution is 2.34. The third kappa shape index (κ3) is 4.23. The molecule has 0 amide bonds. The van der Waals surface area contributed by atoms with Crippen LogP contribution in [0.5, 0.6) is 5.75 Å². The molecule has 0 spiro atoms. The second kappa shape index (κ2) is 8.98. The van der Waals surface area contributed by atoms with Gasteiger partial charge in [-0.25, -0.2) is 0 Å². The van der Waals surface area contributed by atoms with Crippen molar-refractivity contribution in [2.45, 2.75) is 33.4 Å². The Hall–Kier alpha value is -3.05. The van der Waals surface area contributed by atoms with Gasteiger partial charge in [0.1, 0.15) is 5.75 Å². The fourth-order valence-electron chi connectivity index (χ4n) is 4.60. The zero-order valence-electron chi connectivity index (χ0n) is 18.6. The van der Waals surface area contributed by atoms with Crippen LogP contribution in [-0.2, 0) is 6.54 Å². The van der Waals surface area contributed by atoms with E-state index in [1.165, 1.54) is 11.3 Å². The van der Waals surface area contributed by atoms with E-state index < -0.39 is 0 Å². The van der Waals surface area contributed by atoms with Crippen molar-refractivity contribution in [1.29, 1.82) is 0 Å². The van der Waals surface area contributed by atoms with E-state index in [0.29, 0.717) is 12.1 Å². The molecule has 1 N–H and O–H groups in total. The van der Waals surface area contributed by atoms with Crippen molar-refractivity contribution in [1.82, 2.24) is 9.47 Å². The molecule has 162 valence electrons. The van der Waals surface area contributed by atoms with Gasteiger partial charge in [-0.3, -0.25) is 9.69 Å². The fraction of sp³-hybridized carbons (Fsp3) is 0.346. The Morgan fingerprint density at radius 3 is 2.19 bits per heavy atom. The van der Waals surface area contributed by atoms with E-state index in [2.05, 4.69) is 65.3 Å². The summed E-state index contributed by atoms with van der Waals surface area (Å²) in [5.41, 5.74) is 4.60. The summed E-state index contributed by atoms with van der Waals surface area (Å²) in [6, 6.07) is 20.2. The van der Waals surface area contributed by atoms with E-state index in [9.17, 15) is 9.90 Å². The molecular weight excluding hydrogens is 386 g/mol. The first-order valence-corrected chi connectivity index (χ1v) is 11.0. The van der Waals surface area contributed by atoms with Gasteiger partial charge in [-0.1, -0.05) is 48.0 Å². The average Bonchev–Trinajstić information content (AvgIpc) is 2.78. The predicted molar refractivity (Wildman–Crippen MR) is 126 cm³/mol. The van der Waals surface area contributed by atoms with Crippen molar-refractivity contribution in [3.05, 3.63) is 93.4 Å². The number of rotatable bonds is 5. The lowest BCUT2D eigenvalue weighted by molar-refractivity contribution is 0.207. The Morgan fingerprint density at radius 2 is 1.58 bits per heavy atom. The van der Waals surface area contributed by atoms with Gasteiger partial charge in [0.05, 0.1) is 11.6 Å². The van der Waals surface area contributed by atoms with Gasteiger partial charge >= 0.3 is 0 Å². The van der Waals surface area contributed by atoms with Crippen LogP contribution in [0.15, 0.2) is 65.5 Å². The number of para-hydroxylation sites is 1. The van der Waals surface area contributed by atoms with E-state index in [1.54, 1.807) is 10.6 Å². The third-order valence-corrected chi connectivity index (χ3v) is 6.31. The zero-order valence-corrected chi connectivity index (χ0v) is 18.6. The standard InChI is InChI=1S/C26H31N3O2/c1-4-29-20(3)18-23(30)24(26(29)31)25(21-12-10-19(2)11-13-21)28-16-14-27(15-17-28)22-8-6-5-7-9-22/h5-13,18,25,30H,4,14-17H2,1-3H3. The Balaban J connectivity index is 1.72. The molecule has 2 aromatic carbocycles. The molecule has 5 heteroatoms. The lowest BCUT2D eigenvalue weighted by Crippen LogP contribution is -2.49. The highest BCUT2D eigenvalue weighted by atomic mass is 16.3. The average molecular weight is 418 g/mol. The number of aryl methyl sites for hydroxylation is 2. The number of hydrogen-bond donors (Lipinski definition) is 1. The van der Waals surface area contributed by atoms with Gasteiger partial charge in [-0.05, 0) is 44.5 Å². The SMILES string of the molecule is CCn1c(C)cc(O)c(C(c2ccc(C)cc2)N2CCN(c3ccccc3)CC2)c1=O. The Kier molecular flexibility index (Phi) is 6.14. The van der Waals surface area contributed by atoms with Crippen LogP contribution >= 0.6 is 0 Å². The normalized spacial score (nSPS) is 15.8. The van der Waals surface area contributed by atoms with Crippen molar-refractivity contribution in [2.75, 3.05) is 31.1 Å². The number of aromatic nitrogens is 1. The maximum Gasteiger partial charge on any atom is 0.259 e. The van der Waals surface area contributed by atoms with Gasteiger partial charge in [-0.2, -0.15) is 0 Å². The minimum absolute atomic E-state index is 0.0864. The molecule has 2 heterocycles. The summed E-state index contributed by atoms with van der Waals surface area (Å²) in [6.45, 7) is 9.86. The number of hydrogen-bond acceptors (Lipinski definition) is 4. The summed E-state index contributed by atoms with van der Waals surface area (Å²) in [4.78, 5) is 18.1. The number of aromatic hydroxyl groups is 1. The van der Waals surface area contributed by atoms with Gasteiger partial charge < -0.3 is 14.6 Å². The van der Waals surface area contributed by atoms with Gasteiger partial charge in [0.2, 0.25) is 0 Å². The zero-order chi connectivity index (χ0) is 22.0. The second-order valence-electron chi connectivity index (χ2n) is 8.31. The molecular formula is C26H31N3O2. The molecule has 1 aliphatic heterocycles. The predicted octanol–water partition coefficient (Wildman–Crippen LogP) is 4.10. The first-order chi connectivity index (χ1) is 15.0. The monoisotopic (exact) mass is 417 g/mol. The van der Waals surface area contributed by atoms with Gasteiger partial charge in [-0.15, -0.1) is 0 Å². The molecule has 1 aliphatic rings. The molecule has 0 aliphatic carbocycles. The largest absolute Gasteiger partial charge is 0.507 e. The number of anilines is 1. The smallest absolute Gasteiger partial charge is 0.259 e. The van der Waals surface area contributed by atoms with E-state index in [0.717, 1.165) is 37.4 Å². The van der Waals surface area contributed by atoms with Crippen molar-refractivity contribution in [2.24, 2.45) is 0 Å². The molecule has 1 fully saturated rings. The summed E-state index contributed by atoms with van der Waals surface area (Å²) >= 11 is 0. The molecule has 5 nitrogen and oxygen atoms in total. The summed E-state index contributed by atoms with van der Waals surface area (Å²) < 4.78 is 1.75. The van der Waals surface area contributed by atoms with Crippen molar-refractivity contribution < 1.29 is 5.11 Å². The lowest BCUT2D eigenvalue weighted by Gasteiger charge is -2.40. The van der Waals surface area contributed by atoms with E-state index in [-0.39, 0.29) is 17.4 Å². The molecule has 1 atom stereocenters. The molecule has 1 aromatic heterocycles. The first kappa shape index (κ1) is 21.2. The van der Waals surface area contributed by atoms with Crippen molar-refractivity contribution >= 4 is 5.69 Å². The maximum atomic E-state index is 13.4. The van der Waals surface area contributed by atoms with Crippen molar-refractivity contribution in [3.8, 4) is 5.75 Å². The first-order valence-electron chi connectivity index (χ1n) is 11.0. The van der Waals surface area contributed by atoms with Crippen LogP contribution in [0.2, 0.25) is 0 Å². The van der Waals surface area contributed by atoms with Gasteiger partial charge in [0.15, 0.2) is 0 Å².